The highest BCUT2D eigenvalue weighted by molar-refractivity contribution is 5.09. The van der Waals surface area contributed by atoms with Gasteiger partial charge in [0, 0.05) is 25.4 Å². The highest BCUT2D eigenvalue weighted by Gasteiger charge is 2.24. The lowest BCUT2D eigenvalue weighted by Gasteiger charge is -2.31. The number of rotatable bonds is 4. The molecule has 0 radical (unpaired) electrons. The van der Waals surface area contributed by atoms with Crippen LogP contribution in [0, 0.1) is 6.92 Å². The van der Waals surface area contributed by atoms with Crippen molar-refractivity contribution in [3.05, 3.63) is 29.6 Å². The fraction of sp³-hybridized carbons (Fsp3) is 0.643. The lowest BCUT2D eigenvalue weighted by molar-refractivity contribution is 0.0412. The van der Waals surface area contributed by atoms with E-state index in [0.717, 1.165) is 17.9 Å². The normalized spacial score (nSPS) is 24.8. The summed E-state index contributed by atoms with van der Waals surface area (Å²) in [4.78, 5) is 4.51. The molecule has 1 aromatic heterocycles. The van der Waals surface area contributed by atoms with Gasteiger partial charge in [-0.15, -0.1) is 0 Å². The van der Waals surface area contributed by atoms with Gasteiger partial charge >= 0.3 is 0 Å². The van der Waals surface area contributed by atoms with Gasteiger partial charge in [0.15, 0.2) is 0 Å². The van der Waals surface area contributed by atoms with Gasteiger partial charge < -0.3 is 10.1 Å². The highest BCUT2D eigenvalue weighted by Crippen LogP contribution is 2.20. The molecule has 0 aromatic carbocycles. The van der Waals surface area contributed by atoms with E-state index < -0.39 is 0 Å². The van der Waals surface area contributed by atoms with Crippen molar-refractivity contribution >= 4 is 0 Å². The van der Waals surface area contributed by atoms with E-state index in [1.807, 2.05) is 20.1 Å². The van der Waals surface area contributed by atoms with Crippen LogP contribution in [0.3, 0.4) is 0 Å². The molecule has 2 atom stereocenters. The third-order valence-corrected chi connectivity index (χ3v) is 3.50. The Morgan fingerprint density at radius 2 is 2.18 bits per heavy atom. The number of nitrogens with one attached hydrogen (secondary N) is 1. The molecule has 1 N–H and O–H groups in total. The van der Waals surface area contributed by atoms with Gasteiger partial charge in [-0.3, -0.25) is 4.98 Å². The minimum atomic E-state index is 0.369. The molecule has 0 amide bonds. The van der Waals surface area contributed by atoms with E-state index in [0.29, 0.717) is 12.1 Å². The number of pyridine rings is 1. The fourth-order valence-corrected chi connectivity index (χ4v) is 2.55. The zero-order valence-electron chi connectivity index (χ0n) is 10.8. The minimum Gasteiger partial charge on any atom is -0.380 e. The Morgan fingerprint density at radius 3 is 2.94 bits per heavy atom. The number of nitrogens with zero attached hydrogens (tertiary/aromatic N) is 1. The number of aryl methyl sites for hydroxylation is 1. The van der Waals surface area contributed by atoms with Crippen LogP contribution < -0.4 is 5.32 Å². The van der Waals surface area contributed by atoms with Crippen molar-refractivity contribution in [2.75, 3.05) is 7.11 Å². The van der Waals surface area contributed by atoms with Crippen molar-refractivity contribution < 1.29 is 4.74 Å². The lowest BCUT2D eigenvalue weighted by atomic mass is 9.92. The molecule has 94 valence electrons. The molecule has 3 nitrogen and oxygen atoms in total. The van der Waals surface area contributed by atoms with Crippen molar-refractivity contribution in [1.82, 2.24) is 10.3 Å². The van der Waals surface area contributed by atoms with Crippen LogP contribution in [-0.4, -0.2) is 24.2 Å². The number of aromatic nitrogens is 1. The number of ether oxygens (including phenoxy) is 1. The summed E-state index contributed by atoms with van der Waals surface area (Å²) >= 11 is 0. The second-order valence-electron chi connectivity index (χ2n) is 4.82. The summed E-state index contributed by atoms with van der Waals surface area (Å²) in [6.45, 7) is 2.87. The van der Waals surface area contributed by atoms with Gasteiger partial charge in [-0.05, 0) is 31.9 Å². The van der Waals surface area contributed by atoms with Gasteiger partial charge in [-0.1, -0.05) is 18.9 Å². The molecule has 17 heavy (non-hydrogen) atoms. The van der Waals surface area contributed by atoms with Crippen LogP contribution >= 0.6 is 0 Å². The van der Waals surface area contributed by atoms with Crippen LogP contribution in [0.2, 0.25) is 0 Å². The van der Waals surface area contributed by atoms with Crippen LogP contribution in [0.25, 0.3) is 0 Å². The largest absolute Gasteiger partial charge is 0.380 e. The summed E-state index contributed by atoms with van der Waals surface area (Å²) < 4.78 is 5.53. The summed E-state index contributed by atoms with van der Waals surface area (Å²) in [5, 5.41) is 3.58. The Balaban J connectivity index is 1.88. The van der Waals surface area contributed by atoms with Crippen LogP contribution in [0.1, 0.15) is 37.1 Å². The smallest absolute Gasteiger partial charge is 0.0724 e. The van der Waals surface area contributed by atoms with Crippen molar-refractivity contribution in [3.8, 4) is 0 Å². The van der Waals surface area contributed by atoms with Gasteiger partial charge in [-0.25, -0.2) is 0 Å². The first-order valence-electron chi connectivity index (χ1n) is 6.48. The molecule has 1 saturated carbocycles. The molecule has 2 unspecified atom stereocenters. The van der Waals surface area contributed by atoms with Gasteiger partial charge in [0.05, 0.1) is 11.8 Å². The third-order valence-electron chi connectivity index (χ3n) is 3.50. The highest BCUT2D eigenvalue weighted by atomic mass is 16.5. The Labute approximate surface area is 104 Å². The van der Waals surface area contributed by atoms with Gasteiger partial charge in [0.2, 0.25) is 0 Å². The second-order valence-corrected chi connectivity index (χ2v) is 4.82. The van der Waals surface area contributed by atoms with Crippen LogP contribution in [-0.2, 0) is 11.3 Å². The average Bonchev–Trinajstić information content (AvgIpc) is 2.37. The minimum absolute atomic E-state index is 0.369. The van der Waals surface area contributed by atoms with Crippen molar-refractivity contribution in [2.24, 2.45) is 0 Å². The molecule has 2 rings (SSSR count). The van der Waals surface area contributed by atoms with Crippen molar-refractivity contribution in [1.29, 1.82) is 0 Å². The maximum atomic E-state index is 5.53. The van der Waals surface area contributed by atoms with E-state index in [-0.39, 0.29) is 0 Å². The topological polar surface area (TPSA) is 34.1 Å². The van der Waals surface area contributed by atoms with Crippen molar-refractivity contribution in [2.45, 2.75) is 51.3 Å². The van der Waals surface area contributed by atoms with E-state index in [9.17, 15) is 0 Å². The molecular weight excluding hydrogens is 212 g/mol. The summed E-state index contributed by atoms with van der Waals surface area (Å²) in [5.41, 5.74) is 2.20. The summed E-state index contributed by atoms with van der Waals surface area (Å²) in [6, 6.07) is 6.65. The quantitative estimate of drug-likeness (QED) is 0.869. The first-order chi connectivity index (χ1) is 8.29. The first kappa shape index (κ1) is 12.5. The SMILES string of the molecule is COC1CCCCC1NCc1cccc(C)n1. The Hall–Kier alpha value is -0.930. The molecule has 3 heteroatoms. The second kappa shape index (κ2) is 6.12. The lowest BCUT2D eigenvalue weighted by Crippen LogP contribution is -2.42. The van der Waals surface area contributed by atoms with E-state index in [4.69, 9.17) is 4.74 Å². The average molecular weight is 234 g/mol. The molecule has 1 aromatic rings. The maximum Gasteiger partial charge on any atom is 0.0724 e. The summed E-state index contributed by atoms with van der Waals surface area (Å²) in [5.74, 6) is 0. The van der Waals surface area contributed by atoms with Crippen molar-refractivity contribution in [3.63, 3.8) is 0 Å². The van der Waals surface area contributed by atoms with Crippen LogP contribution in [0.5, 0.6) is 0 Å². The predicted molar refractivity (Wildman–Crippen MR) is 68.9 cm³/mol. The number of hydrogen-bond acceptors (Lipinski definition) is 3. The molecule has 1 aliphatic carbocycles. The first-order valence-corrected chi connectivity index (χ1v) is 6.48. The van der Waals surface area contributed by atoms with E-state index in [1.54, 1.807) is 0 Å². The number of hydrogen-bond donors (Lipinski definition) is 1. The molecule has 1 heterocycles. The van der Waals surface area contributed by atoms with E-state index in [2.05, 4.69) is 22.4 Å². The van der Waals surface area contributed by atoms with Crippen LogP contribution in [0.15, 0.2) is 18.2 Å². The fourth-order valence-electron chi connectivity index (χ4n) is 2.55. The number of methoxy groups -OCH3 is 1. The summed E-state index contributed by atoms with van der Waals surface area (Å²) in [6.07, 6.45) is 5.35. The molecular formula is C14H22N2O. The molecule has 0 saturated heterocycles. The molecule has 1 aliphatic rings. The Morgan fingerprint density at radius 1 is 1.35 bits per heavy atom. The monoisotopic (exact) mass is 234 g/mol. The van der Waals surface area contributed by atoms with Gasteiger partial charge in [-0.2, -0.15) is 0 Å². The standard InChI is InChI=1S/C14H22N2O/c1-11-6-5-7-12(16-11)10-15-13-8-3-4-9-14(13)17-2/h5-7,13-15H,3-4,8-10H2,1-2H3. The Bertz CT molecular complexity index is 354. The summed E-state index contributed by atoms with van der Waals surface area (Å²) in [7, 11) is 1.82. The third kappa shape index (κ3) is 3.51. The molecule has 0 bridgehead atoms. The maximum absolute atomic E-state index is 5.53. The Kier molecular flexibility index (Phi) is 4.51. The van der Waals surface area contributed by atoms with E-state index >= 15 is 0 Å². The van der Waals surface area contributed by atoms with E-state index in [1.165, 1.54) is 25.7 Å². The van der Waals surface area contributed by atoms with Gasteiger partial charge in [0.25, 0.3) is 0 Å². The molecule has 0 aliphatic heterocycles. The van der Waals surface area contributed by atoms with Gasteiger partial charge in [0.1, 0.15) is 0 Å². The van der Waals surface area contributed by atoms with Crippen LogP contribution in [0.4, 0.5) is 0 Å². The molecule has 1 fully saturated rings. The predicted octanol–water partition coefficient (Wildman–Crippen LogP) is 2.44. The molecule has 0 spiro atoms. The zero-order valence-corrected chi connectivity index (χ0v) is 10.8. The zero-order chi connectivity index (χ0) is 12.1.